The molecule has 1 spiro atoms. The number of nitrogens with one attached hydrogen (secondary N) is 2. The zero-order valence-electron chi connectivity index (χ0n) is 15.8. The molecule has 0 aromatic heterocycles. The quantitative estimate of drug-likeness (QED) is 0.801. The molecule has 1 saturated heterocycles. The number of ether oxygens (including phenoxy) is 1. The maximum absolute atomic E-state index is 13.3. The molecule has 0 radical (unpaired) electrons. The van der Waals surface area contributed by atoms with Crippen LogP contribution in [0.3, 0.4) is 0 Å². The maximum atomic E-state index is 13.3. The lowest BCUT2D eigenvalue weighted by Crippen LogP contribution is -3.06. The summed E-state index contributed by atoms with van der Waals surface area (Å²) in [5.41, 5.74) is -0.0153. The van der Waals surface area contributed by atoms with Gasteiger partial charge in [0.25, 0.3) is 5.91 Å². The number of hydrogen-bond donors (Lipinski definition) is 2. The van der Waals surface area contributed by atoms with Gasteiger partial charge in [0.15, 0.2) is 0 Å². The molecule has 2 aliphatic rings. The van der Waals surface area contributed by atoms with Crippen molar-refractivity contribution in [2.24, 2.45) is 0 Å². The second-order valence-electron chi connectivity index (χ2n) is 7.62. The minimum atomic E-state index is -0.625. The van der Waals surface area contributed by atoms with E-state index in [4.69, 9.17) is 4.74 Å². The number of quaternary nitrogens is 1. The minimum absolute atomic E-state index is 0.108. The summed E-state index contributed by atoms with van der Waals surface area (Å²) in [6.45, 7) is 1.72. The van der Waals surface area contributed by atoms with E-state index in [1.807, 2.05) is 44.4 Å². The van der Waals surface area contributed by atoms with Crippen molar-refractivity contribution in [3.05, 3.63) is 35.9 Å². The van der Waals surface area contributed by atoms with E-state index in [2.05, 4.69) is 5.32 Å². The van der Waals surface area contributed by atoms with Gasteiger partial charge in [-0.15, -0.1) is 0 Å². The van der Waals surface area contributed by atoms with Crippen LogP contribution in [0.25, 0.3) is 0 Å². The monoisotopic (exact) mass is 360 g/mol. The first-order valence-electron chi connectivity index (χ1n) is 9.63. The molecule has 2 fully saturated rings. The van der Waals surface area contributed by atoms with Gasteiger partial charge in [0.05, 0.1) is 33.8 Å². The molecular formula is C20H30N3O3+. The molecule has 0 bridgehead atoms. The van der Waals surface area contributed by atoms with E-state index >= 15 is 0 Å². The van der Waals surface area contributed by atoms with Crippen LogP contribution >= 0.6 is 0 Å². The molecular weight excluding hydrogens is 330 g/mol. The Labute approximate surface area is 155 Å². The van der Waals surface area contributed by atoms with Gasteiger partial charge >= 0.3 is 0 Å². The van der Waals surface area contributed by atoms with Crippen LogP contribution in [0.5, 0.6) is 0 Å². The number of carbonyl (C=O) groups is 2. The first-order valence-corrected chi connectivity index (χ1v) is 9.63. The Morgan fingerprint density at radius 1 is 1.19 bits per heavy atom. The molecule has 1 aliphatic heterocycles. The average Bonchev–Trinajstić information content (AvgIpc) is 3.00. The fourth-order valence-electron chi connectivity index (χ4n) is 3.94. The second kappa shape index (κ2) is 8.18. The lowest BCUT2D eigenvalue weighted by atomic mass is 9.89. The number of likely N-dealkylation sites (N-methyl/N-ethyl adjacent to an activating group) is 1. The molecule has 1 aromatic carbocycles. The summed E-state index contributed by atoms with van der Waals surface area (Å²) in [5, 5.41) is 2.98. The van der Waals surface area contributed by atoms with E-state index in [-0.39, 0.29) is 18.4 Å². The van der Waals surface area contributed by atoms with E-state index in [1.54, 1.807) is 4.90 Å². The summed E-state index contributed by atoms with van der Waals surface area (Å²) in [4.78, 5) is 29.1. The van der Waals surface area contributed by atoms with Gasteiger partial charge in [-0.2, -0.15) is 0 Å². The molecule has 0 unspecified atom stereocenters. The Balaban J connectivity index is 1.81. The van der Waals surface area contributed by atoms with Crippen molar-refractivity contribution in [2.75, 3.05) is 33.8 Å². The van der Waals surface area contributed by atoms with Gasteiger partial charge < -0.3 is 15.0 Å². The summed E-state index contributed by atoms with van der Waals surface area (Å²) in [6, 6.07) is 8.65. The normalized spacial score (nSPS) is 22.0. The van der Waals surface area contributed by atoms with Crippen molar-refractivity contribution < 1.29 is 19.2 Å². The lowest BCUT2D eigenvalue weighted by Gasteiger charge is -2.41. The average molecular weight is 360 g/mol. The molecule has 1 saturated carbocycles. The Hall–Kier alpha value is -1.92. The summed E-state index contributed by atoms with van der Waals surface area (Å²) in [7, 11) is 4.10. The van der Waals surface area contributed by atoms with Crippen molar-refractivity contribution >= 4 is 11.8 Å². The SMILES string of the molecule is C[NH+](C)CCNC(=O)[C@@H]1COC2(CCCCC2)N1C(=O)c1ccccc1. The third-order valence-corrected chi connectivity index (χ3v) is 5.36. The topological polar surface area (TPSA) is 63.1 Å². The molecule has 1 atom stereocenters. The predicted octanol–water partition coefficient (Wildman–Crippen LogP) is 0.449. The van der Waals surface area contributed by atoms with Crippen LogP contribution < -0.4 is 10.2 Å². The van der Waals surface area contributed by atoms with Crippen LogP contribution in [-0.4, -0.2) is 62.3 Å². The Morgan fingerprint density at radius 2 is 1.88 bits per heavy atom. The fraction of sp³-hybridized carbons (Fsp3) is 0.600. The van der Waals surface area contributed by atoms with Crippen molar-refractivity contribution in [1.29, 1.82) is 0 Å². The van der Waals surface area contributed by atoms with Gasteiger partial charge in [-0.25, -0.2) is 0 Å². The Kier molecular flexibility index (Phi) is 5.94. The molecule has 2 amide bonds. The Morgan fingerprint density at radius 3 is 2.54 bits per heavy atom. The Bertz CT molecular complexity index is 626. The van der Waals surface area contributed by atoms with Crippen LogP contribution in [0, 0.1) is 0 Å². The standard InChI is InChI=1S/C20H29N3O3/c1-22(2)14-13-21-18(24)17-15-26-20(11-7-4-8-12-20)23(17)19(25)16-9-5-3-6-10-16/h3,5-6,9-10,17H,4,7-8,11-15H2,1-2H3,(H,21,24)/p+1/t17-/m0/s1. The van der Waals surface area contributed by atoms with Gasteiger partial charge in [-0.05, 0) is 37.8 Å². The van der Waals surface area contributed by atoms with Gasteiger partial charge in [0, 0.05) is 5.56 Å². The molecule has 6 heteroatoms. The second-order valence-corrected chi connectivity index (χ2v) is 7.62. The predicted molar refractivity (Wildman–Crippen MR) is 98.9 cm³/mol. The van der Waals surface area contributed by atoms with Crippen LogP contribution in [0.2, 0.25) is 0 Å². The van der Waals surface area contributed by atoms with Crippen LogP contribution in [0.1, 0.15) is 42.5 Å². The fourth-order valence-corrected chi connectivity index (χ4v) is 3.94. The van der Waals surface area contributed by atoms with E-state index in [0.29, 0.717) is 12.1 Å². The highest BCUT2D eigenvalue weighted by atomic mass is 16.5. The molecule has 3 rings (SSSR count). The zero-order chi connectivity index (χ0) is 18.6. The van der Waals surface area contributed by atoms with Gasteiger partial charge in [-0.1, -0.05) is 24.6 Å². The summed E-state index contributed by atoms with van der Waals surface area (Å²) >= 11 is 0. The zero-order valence-corrected chi connectivity index (χ0v) is 15.8. The summed E-state index contributed by atoms with van der Waals surface area (Å²) < 4.78 is 6.14. The van der Waals surface area contributed by atoms with Gasteiger partial charge in [0.2, 0.25) is 5.91 Å². The molecule has 6 nitrogen and oxygen atoms in total. The smallest absolute Gasteiger partial charge is 0.256 e. The maximum Gasteiger partial charge on any atom is 0.256 e. The molecule has 1 heterocycles. The molecule has 26 heavy (non-hydrogen) atoms. The van der Waals surface area contributed by atoms with Gasteiger partial charge in [-0.3, -0.25) is 14.5 Å². The number of nitrogens with zero attached hydrogens (tertiary/aromatic N) is 1. The molecule has 2 N–H and O–H groups in total. The van der Waals surface area contributed by atoms with E-state index in [1.165, 1.54) is 4.90 Å². The third kappa shape index (κ3) is 3.91. The first-order chi connectivity index (χ1) is 12.5. The number of benzene rings is 1. The molecule has 142 valence electrons. The van der Waals surface area contributed by atoms with Gasteiger partial charge in [0.1, 0.15) is 11.8 Å². The minimum Gasteiger partial charge on any atom is -0.353 e. The number of rotatable bonds is 5. The highest BCUT2D eigenvalue weighted by Crippen LogP contribution is 2.41. The van der Waals surface area contributed by atoms with Crippen LogP contribution in [0.4, 0.5) is 0 Å². The van der Waals surface area contributed by atoms with E-state index < -0.39 is 11.8 Å². The number of carbonyl (C=O) groups excluding carboxylic acids is 2. The number of amides is 2. The lowest BCUT2D eigenvalue weighted by molar-refractivity contribution is -0.856. The van der Waals surface area contributed by atoms with Crippen LogP contribution in [-0.2, 0) is 9.53 Å². The van der Waals surface area contributed by atoms with E-state index in [9.17, 15) is 9.59 Å². The van der Waals surface area contributed by atoms with Crippen molar-refractivity contribution in [2.45, 2.75) is 43.9 Å². The molecule has 1 aliphatic carbocycles. The van der Waals surface area contributed by atoms with Crippen molar-refractivity contribution in [3.8, 4) is 0 Å². The molecule has 1 aromatic rings. The number of hydrogen-bond acceptors (Lipinski definition) is 3. The van der Waals surface area contributed by atoms with Crippen molar-refractivity contribution in [1.82, 2.24) is 10.2 Å². The largest absolute Gasteiger partial charge is 0.353 e. The first kappa shape index (κ1) is 18.9. The van der Waals surface area contributed by atoms with Crippen molar-refractivity contribution in [3.63, 3.8) is 0 Å². The highest BCUT2D eigenvalue weighted by Gasteiger charge is 2.52. The summed E-state index contributed by atoms with van der Waals surface area (Å²) in [5.74, 6) is -0.221. The highest BCUT2D eigenvalue weighted by molar-refractivity contribution is 5.98. The summed E-state index contributed by atoms with van der Waals surface area (Å²) in [6.07, 6.45) is 4.81. The third-order valence-electron chi connectivity index (χ3n) is 5.36. The van der Waals surface area contributed by atoms with E-state index in [0.717, 1.165) is 38.6 Å². The van der Waals surface area contributed by atoms with Crippen LogP contribution in [0.15, 0.2) is 30.3 Å².